The van der Waals surface area contributed by atoms with E-state index in [1.54, 1.807) is 0 Å². The average Bonchev–Trinajstić information content (AvgIpc) is 2.63. The number of hydrogen-bond acceptors (Lipinski definition) is 5. The molecule has 0 saturated heterocycles. The lowest BCUT2D eigenvalue weighted by Gasteiger charge is -2.25. The monoisotopic (exact) mass is 357 g/mol. The molecule has 0 aliphatic carbocycles. The molecule has 0 spiro atoms. The summed E-state index contributed by atoms with van der Waals surface area (Å²) in [6.07, 6.45) is 10.8. The number of carbonyl (C=O) groups excluding carboxylic acids is 3. The highest BCUT2D eigenvalue weighted by molar-refractivity contribution is 5.87. The van der Waals surface area contributed by atoms with Gasteiger partial charge in [-0.3, -0.25) is 9.59 Å². The third-order valence-electron chi connectivity index (χ3n) is 4.42. The number of methoxy groups -OCH3 is 2. The Morgan fingerprint density at radius 1 is 0.840 bits per heavy atom. The lowest BCUT2D eigenvalue weighted by atomic mass is 10.1. The zero-order valence-corrected chi connectivity index (χ0v) is 16.3. The number of amides is 1. The van der Waals surface area contributed by atoms with Crippen molar-refractivity contribution in [1.82, 2.24) is 4.90 Å². The van der Waals surface area contributed by atoms with E-state index >= 15 is 0 Å². The molecule has 0 fully saturated rings. The number of nitrogens with zero attached hydrogens (tertiary/aromatic N) is 1. The Bertz CT molecular complexity index is 397. The lowest BCUT2D eigenvalue weighted by Crippen LogP contribution is -2.44. The van der Waals surface area contributed by atoms with E-state index in [4.69, 9.17) is 0 Å². The van der Waals surface area contributed by atoms with Crippen LogP contribution >= 0.6 is 0 Å². The quantitative estimate of drug-likeness (QED) is 0.351. The first-order valence-corrected chi connectivity index (χ1v) is 9.38. The molecule has 1 atom stereocenters. The van der Waals surface area contributed by atoms with Gasteiger partial charge in [0, 0.05) is 13.5 Å². The van der Waals surface area contributed by atoms with Crippen LogP contribution in [0.2, 0.25) is 0 Å². The summed E-state index contributed by atoms with van der Waals surface area (Å²) in [7, 11) is 4.02. The molecule has 146 valence electrons. The van der Waals surface area contributed by atoms with Gasteiger partial charge in [-0.25, -0.2) is 4.79 Å². The molecule has 0 aromatic rings. The maximum atomic E-state index is 12.2. The molecule has 1 amide bonds. The van der Waals surface area contributed by atoms with Gasteiger partial charge < -0.3 is 14.4 Å². The maximum absolute atomic E-state index is 12.2. The number of hydrogen-bond donors (Lipinski definition) is 0. The molecular weight excluding hydrogens is 322 g/mol. The number of likely N-dealkylation sites (N-methyl/N-ethyl adjacent to an activating group) is 1. The van der Waals surface area contributed by atoms with Crippen molar-refractivity contribution in [2.75, 3.05) is 21.3 Å². The Hall–Kier alpha value is -1.59. The predicted molar refractivity (Wildman–Crippen MR) is 97.1 cm³/mol. The van der Waals surface area contributed by atoms with Crippen LogP contribution in [0, 0.1) is 0 Å². The summed E-state index contributed by atoms with van der Waals surface area (Å²) in [5, 5.41) is 0. The van der Waals surface area contributed by atoms with Crippen molar-refractivity contribution in [3.63, 3.8) is 0 Å². The second-order valence-electron chi connectivity index (χ2n) is 6.40. The normalized spacial score (nSPS) is 11.7. The molecule has 6 nitrogen and oxygen atoms in total. The number of ether oxygens (including phenoxy) is 2. The van der Waals surface area contributed by atoms with Crippen LogP contribution in [0.4, 0.5) is 0 Å². The zero-order valence-electron chi connectivity index (χ0n) is 16.3. The minimum absolute atomic E-state index is 0.151. The molecular formula is C19H35NO5. The van der Waals surface area contributed by atoms with E-state index in [0.29, 0.717) is 6.42 Å². The first kappa shape index (κ1) is 23.4. The van der Waals surface area contributed by atoms with Crippen LogP contribution in [-0.2, 0) is 23.9 Å². The molecule has 0 aliphatic heterocycles. The van der Waals surface area contributed by atoms with Crippen molar-refractivity contribution in [1.29, 1.82) is 0 Å². The summed E-state index contributed by atoms with van der Waals surface area (Å²) in [4.78, 5) is 36.8. The highest BCUT2D eigenvalue weighted by atomic mass is 16.5. The number of unbranched alkanes of at least 4 members (excludes halogenated alkanes) is 8. The molecule has 1 unspecified atom stereocenters. The topological polar surface area (TPSA) is 72.9 Å². The molecule has 0 aromatic carbocycles. The Balaban J connectivity index is 4.08. The van der Waals surface area contributed by atoms with Crippen LogP contribution in [0.3, 0.4) is 0 Å². The van der Waals surface area contributed by atoms with Gasteiger partial charge in [-0.2, -0.15) is 0 Å². The zero-order chi connectivity index (χ0) is 19.1. The molecule has 0 bridgehead atoms. The van der Waals surface area contributed by atoms with Gasteiger partial charge in [-0.1, -0.05) is 58.3 Å². The maximum Gasteiger partial charge on any atom is 0.329 e. The molecule has 0 rings (SSSR count). The minimum atomic E-state index is -0.927. The Morgan fingerprint density at radius 2 is 1.36 bits per heavy atom. The number of carbonyl (C=O) groups is 3. The molecule has 0 heterocycles. The van der Waals surface area contributed by atoms with Gasteiger partial charge in [0.1, 0.15) is 6.04 Å². The first-order chi connectivity index (χ1) is 12.0. The number of esters is 2. The summed E-state index contributed by atoms with van der Waals surface area (Å²) < 4.78 is 9.27. The standard InChI is InChI=1S/C19H35NO5/c1-5-6-7-8-9-10-11-12-13-14-17(21)20(2)16(19(23)25-4)15-18(22)24-3/h16H,5-15H2,1-4H3. The van der Waals surface area contributed by atoms with Crippen molar-refractivity contribution in [2.45, 2.75) is 83.6 Å². The van der Waals surface area contributed by atoms with E-state index in [9.17, 15) is 14.4 Å². The van der Waals surface area contributed by atoms with Crippen molar-refractivity contribution in [3.05, 3.63) is 0 Å². The van der Waals surface area contributed by atoms with Gasteiger partial charge in [0.25, 0.3) is 0 Å². The van der Waals surface area contributed by atoms with Gasteiger partial charge in [0.05, 0.1) is 20.6 Å². The second-order valence-corrected chi connectivity index (χ2v) is 6.40. The van der Waals surface area contributed by atoms with Crippen LogP contribution in [0.25, 0.3) is 0 Å². The fraction of sp³-hybridized carbons (Fsp3) is 0.842. The molecule has 0 saturated carbocycles. The number of rotatable bonds is 14. The summed E-state index contributed by atoms with van der Waals surface area (Å²) in [5.41, 5.74) is 0. The molecule has 0 N–H and O–H groups in total. The first-order valence-electron chi connectivity index (χ1n) is 9.38. The highest BCUT2D eigenvalue weighted by Crippen LogP contribution is 2.13. The van der Waals surface area contributed by atoms with Crippen molar-refractivity contribution >= 4 is 17.8 Å². The van der Waals surface area contributed by atoms with E-state index in [1.807, 2.05) is 0 Å². The molecule has 0 aliphatic rings. The van der Waals surface area contributed by atoms with Gasteiger partial charge >= 0.3 is 11.9 Å². The van der Waals surface area contributed by atoms with E-state index in [2.05, 4.69) is 16.4 Å². The van der Waals surface area contributed by atoms with Crippen LogP contribution in [0.1, 0.15) is 77.6 Å². The smallest absolute Gasteiger partial charge is 0.329 e. The summed E-state index contributed by atoms with van der Waals surface area (Å²) in [6.45, 7) is 2.21. The van der Waals surface area contributed by atoms with E-state index in [-0.39, 0.29) is 12.3 Å². The third-order valence-corrected chi connectivity index (χ3v) is 4.42. The minimum Gasteiger partial charge on any atom is -0.469 e. The summed E-state index contributed by atoms with van der Waals surface area (Å²) >= 11 is 0. The Morgan fingerprint density at radius 3 is 1.84 bits per heavy atom. The molecule has 6 heteroatoms. The Labute approximate surface area is 152 Å². The van der Waals surface area contributed by atoms with Crippen LogP contribution in [0.15, 0.2) is 0 Å². The summed E-state index contributed by atoms with van der Waals surface area (Å²) in [5.74, 6) is -1.30. The Kier molecular flexibility index (Phi) is 13.8. The average molecular weight is 357 g/mol. The van der Waals surface area contributed by atoms with Gasteiger partial charge in [-0.05, 0) is 6.42 Å². The molecule has 0 radical (unpaired) electrons. The van der Waals surface area contributed by atoms with Gasteiger partial charge in [0.2, 0.25) is 5.91 Å². The highest BCUT2D eigenvalue weighted by Gasteiger charge is 2.30. The van der Waals surface area contributed by atoms with Crippen LogP contribution in [0.5, 0.6) is 0 Å². The van der Waals surface area contributed by atoms with Gasteiger partial charge in [-0.15, -0.1) is 0 Å². The summed E-state index contributed by atoms with van der Waals surface area (Å²) in [6, 6.07) is -0.927. The fourth-order valence-corrected chi connectivity index (χ4v) is 2.69. The van der Waals surface area contributed by atoms with Gasteiger partial charge in [0.15, 0.2) is 0 Å². The molecule has 0 aromatic heterocycles. The lowest BCUT2D eigenvalue weighted by molar-refractivity contribution is -0.156. The van der Waals surface area contributed by atoms with E-state index < -0.39 is 18.0 Å². The largest absolute Gasteiger partial charge is 0.469 e. The second kappa shape index (κ2) is 14.7. The molecule has 25 heavy (non-hydrogen) atoms. The third kappa shape index (κ3) is 10.8. The predicted octanol–water partition coefficient (Wildman–Crippen LogP) is 3.47. The van der Waals surface area contributed by atoms with Crippen LogP contribution in [-0.4, -0.2) is 50.1 Å². The SMILES string of the molecule is CCCCCCCCCCCC(=O)N(C)C(CC(=O)OC)C(=O)OC. The fourth-order valence-electron chi connectivity index (χ4n) is 2.69. The van der Waals surface area contributed by atoms with Crippen molar-refractivity contribution in [2.24, 2.45) is 0 Å². The van der Waals surface area contributed by atoms with E-state index in [1.165, 1.54) is 64.7 Å². The van der Waals surface area contributed by atoms with E-state index in [0.717, 1.165) is 19.3 Å². The van der Waals surface area contributed by atoms with Crippen molar-refractivity contribution in [3.8, 4) is 0 Å². The van der Waals surface area contributed by atoms with Crippen LogP contribution < -0.4 is 0 Å². The van der Waals surface area contributed by atoms with Crippen molar-refractivity contribution < 1.29 is 23.9 Å².